The van der Waals surface area contributed by atoms with Crippen LogP contribution in [0.4, 0.5) is 8.78 Å². The first-order valence-corrected chi connectivity index (χ1v) is 7.26. The molecule has 0 fully saturated rings. The van der Waals surface area contributed by atoms with Crippen molar-refractivity contribution in [1.29, 1.82) is 0 Å². The highest BCUT2D eigenvalue weighted by Crippen LogP contribution is 2.07. The predicted molar refractivity (Wildman–Crippen MR) is 62.6 cm³/mol. The van der Waals surface area contributed by atoms with E-state index in [9.17, 15) is 17.2 Å². The minimum absolute atomic E-state index is 0.0600. The van der Waals surface area contributed by atoms with E-state index in [1.807, 2.05) is 0 Å². The Hall–Kier alpha value is -1.01. The molecule has 0 radical (unpaired) electrons. The molecule has 0 aliphatic rings. The van der Waals surface area contributed by atoms with Crippen LogP contribution in [-0.4, -0.2) is 33.5 Å². The summed E-state index contributed by atoms with van der Waals surface area (Å²) in [4.78, 5) is 0. The van der Waals surface area contributed by atoms with Gasteiger partial charge in [0.15, 0.2) is 0 Å². The van der Waals surface area contributed by atoms with Crippen LogP contribution in [0.2, 0.25) is 0 Å². The van der Waals surface area contributed by atoms with Crippen molar-refractivity contribution in [1.82, 2.24) is 5.32 Å². The Morgan fingerprint density at radius 2 is 1.71 bits per heavy atom. The quantitative estimate of drug-likeness (QED) is 0.783. The summed E-state index contributed by atoms with van der Waals surface area (Å²) < 4.78 is 47.3. The van der Waals surface area contributed by atoms with Gasteiger partial charge in [-0.25, -0.2) is 17.2 Å². The summed E-state index contributed by atoms with van der Waals surface area (Å²) in [5.41, 5.74) is 0.550. The summed E-state index contributed by atoms with van der Waals surface area (Å²) in [5, 5.41) is 2.91. The van der Waals surface area contributed by atoms with Crippen LogP contribution in [0, 0.1) is 11.6 Å². The SMILES string of the molecule is CS(=O)(=O)CCNCCc1cc(F)cc(F)c1. The Kier molecular flexibility index (Phi) is 5.02. The Labute approximate surface area is 99.8 Å². The molecule has 6 heteroatoms. The van der Waals surface area contributed by atoms with E-state index in [2.05, 4.69) is 5.32 Å². The third-order valence-corrected chi connectivity index (χ3v) is 3.11. The zero-order valence-electron chi connectivity index (χ0n) is 9.54. The number of benzene rings is 1. The average Bonchev–Trinajstić information content (AvgIpc) is 2.13. The van der Waals surface area contributed by atoms with Crippen molar-refractivity contribution in [2.24, 2.45) is 0 Å². The van der Waals surface area contributed by atoms with Gasteiger partial charge in [-0.2, -0.15) is 0 Å². The molecule has 1 aromatic rings. The van der Waals surface area contributed by atoms with E-state index in [-0.39, 0.29) is 5.75 Å². The summed E-state index contributed by atoms with van der Waals surface area (Å²) in [7, 11) is -2.97. The lowest BCUT2D eigenvalue weighted by atomic mass is 10.1. The molecule has 0 aliphatic carbocycles. The fourth-order valence-electron chi connectivity index (χ4n) is 1.37. The summed E-state index contributed by atoms with van der Waals surface area (Å²) in [6.07, 6.45) is 1.62. The van der Waals surface area contributed by atoms with Crippen LogP contribution in [-0.2, 0) is 16.3 Å². The van der Waals surface area contributed by atoms with Crippen LogP contribution in [0.1, 0.15) is 5.56 Å². The number of sulfone groups is 1. The Morgan fingerprint density at radius 3 is 2.24 bits per heavy atom. The van der Waals surface area contributed by atoms with Crippen molar-refractivity contribution < 1.29 is 17.2 Å². The maximum Gasteiger partial charge on any atom is 0.148 e. The van der Waals surface area contributed by atoms with Gasteiger partial charge in [0.1, 0.15) is 21.5 Å². The molecule has 3 nitrogen and oxygen atoms in total. The molecule has 1 N–H and O–H groups in total. The third-order valence-electron chi connectivity index (χ3n) is 2.16. The highest BCUT2D eigenvalue weighted by atomic mass is 32.2. The second kappa shape index (κ2) is 6.07. The lowest BCUT2D eigenvalue weighted by Crippen LogP contribution is -2.24. The molecule has 0 saturated carbocycles. The zero-order chi connectivity index (χ0) is 12.9. The molecule has 0 spiro atoms. The van der Waals surface area contributed by atoms with E-state index in [0.717, 1.165) is 12.3 Å². The van der Waals surface area contributed by atoms with E-state index in [0.29, 0.717) is 25.1 Å². The smallest absolute Gasteiger partial charge is 0.148 e. The third kappa shape index (κ3) is 6.33. The van der Waals surface area contributed by atoms with Gasteiger partial charge in [0.25, 0.3) is 0 Å². The van der Waals surface area contributed by atoms with Gasteiger partial charge in [-0.3, -0.25) is 0 Å². The number of rotatable bonds is 6. The van der Waals surface area contributed by atoms with Crippen molar-refractivity contribution in [3.8, 4) is 0 Å². The second-order valence-electron chi connectivity index (χ2n) is 3.91. The van der Waals surface area contributed by atoms with E-state index in [1.165, 1.54) is 12.1 Å². The van der Waals surface area contributed by atoms with Crippen molar-refractivity contribution in [3.63, 3.8) is 0 Å². The molecule has 0 atom stereocenters. The largest absolute Gasteiger partial charge is 0.315 e. The van der Waals surface area contributed by atoms with E-state index < -0.39 is 21.5 Å². The Bertz CT molecular complexity index is 454. The highest BCUT2D eigenvalue weighted by molar-refractivity contribution is 7.90. The Morgan fingerprint density at radius 1 is 1.12 bits per heavy atom. The Balaban J connectivity index is 2.31. The molecule has 0 aliphatic heterocycles. The molecule has 0 heterocycles. The lowest BCUT2D eigenvalue weighted by Gasteiger charge is -2.04. The van der Waals surface area contributed by atoms with Crippen LogP contribution < -0.4 is 5.32 Å². The fourth-order valence-corrected chi connectivity index (χ4v) is 1.89. The molecule has 0 aromatic heterocycles. The van der Waals surface area contributed by atoms with E-state index in [4.69, 9.17) is 0 Å². The summed E-state index contributed by atoms with van der Waals surface area (Å²) in [6, 6.07) is 3.35. The van der Waals surface area contributed by atoms with Gasteiger partial charge < -0.3 is 5.32 Å². The van der Waals surface area contributed by atoms with Gasteiger partial charge in [-0.15, -0.1) is 0 Å². The molecular weight excluding hydrogens is 248 g/mol. The van der Waals surface area contributed by atoms with Crippen molar-refractivity contribution in [2.75, 3.05) is 25.1 Å². The zero-order valence-corrected chi connectivity index (χ0v) is 10.4. The van der Waals surface area contributed by atoms with E-state index in [1.54, 1.807) is 0 Å². The topological polar surface area (TPSA) is 46.2 Å². The van der Waals surface area contributed by atoms with Crippen molar-refractivity contribution in [2.45, 2.75) is 6.42 Å². The van der Waals surface area contributed by atoms with Gasteiger partial charge in [0, 0.05) is 18.9 Å². The lowest BCUT2D eigenvalue weighted by molar-refractivity contribution is 0.578. The molecule has 17 heavy (non-hydrogen) atoms. The molecular formula is C11H15F2NO2S. The molecule has 0 saturated heterocycles. The maximum absolute atomic E-state index is 12.8. The number of nitrogens with one attached hydrogen (secondary N) is 1. The van der Waals surface area contributed by atoms with Gasteiger partial charge in [-0.05, 0) is 30.7 Å². The molecule has 96 valence electrons. The normalized spacial score (nSPS) is 11.7. The van der Waals surface area contributed by atoms with Crippen molar-refractivity contribution in [3.05, 3.63) is 35.4 Å². The van der Waals surface area contributed by atoms with Gasteiger partial charge in [0.05, 0.1) is 5.75 Å². The summed E-state index contributed by atoms with van der Waals surface area (Å²) >= 11 is 0. The van der Waals surface area contributed by atoms with E-state index >= 15 is 0 Å². The van der Waals surface area contributed by atoms with Gasteiger partial charge >= 0.3 is 0 Å². The van der Waals surface area contributed by atoms with Crippen LogP contribution in [0.15, 0.2) is 18.2 Å². The van der Waals surface area contributed by atoms with Crippen LogP contribution in [0.25, 0.3) is 0 Å². The van der Waals surface area contributed by atoms with Gasteiger partial charge in [-0.1, -0.05) is 0 Å². The molecule has 0 unspecified atom stereocenters. The standard InChI is InChI=1S/C11H15F2NO2S/c1-17(15,16)5-4-14-3-2-9-6-10(12)8-11(13)7-9/h6-8,14H,2-5H2,1H3. The van der Waals surface area contributed by atoms with Crippen LogP contribution >= 0.6 is 0 Å². The van der Waals surface area contributed by atoms with Gasteiger partial charge in [0.2, 0.25) is 0 Å². The van der Waals surface area contributed by atoms with Crippen LogP contribution in [0.3, 0.4) is 0 Å². The van der Waals surface area contributed by atoms with Crippen LogP contribution in [0.5, 0.6) is 0 Å². The molecule has 0 bridgehead atoms. The molecule has 1 aromatic carbocycles. The highest BCUT2D eigenvalue weighted by Gasteiger charge is 2.02. The minimum Gasteiger partial charge on any atom is -0.315 e. The molecule has 1 rings (SSSR count). The number of hydrogen-bond acceptors (Lipinski definition) is 3. The first kappa shape index (κ1) is 14.1. The number of halogens is 2. The average molecular weight is 263 g/mol. The minimum atomic E-state index is -2.97. The fraction of sp³-hybridized carbons (Fsp3) is 0.455. The predicted octanol–water partition coefficient (Wildman–Crippen LogP) is 1.14. The first-order valence-electron chi connectivity index (χ1n) is 5.20. The second-order valence-corrected chi connectivity index (χ2v) is 6.17. The number of hydrogen-bond donors (Lipinski definition) is 1. The summed E-state index contributed by atoms with van der Waals surface area (Å²) in [6.45, 7) is 0.828. The monoisotopic (exact) mass is 263 g/mol. The summed E-state index contributed by atoms with van der Waals surface area (Å²) in [5.74, 6) is -1.14. The maximum atomic E-state index is 12.8. The molecule has 0 amide bonds. The van der Waals surface area contributed by atoms with Crippen molar-refractivity contribution >= 4 is 9.84 Å². The first-order chi connectivity index (χ1) is 7.87.